The van der Waals surface area contributed by atoms with Crippen LogP contribution in [0.25, 0.3) is 0 Å². The molecule has 2 aliphatic heterocycles. The highest BCUT2D eigenvalue weighted by Crippen LogP contribution is 2.44. The molecular weight excluding hydrogens is 1120 g/mol. The van der Waals surface area contributed by atoms with Crippen LogP contribution in [0.4, 0.5) is 0 Å². The zero-order valence-corrected chi connectivity index (χ0v) is 61.4. The van der Waals surface area contributed by atoms with Crippen LogP contribution in [0.2, 0.25) is 142 Å². The Morgan fingerprint density at radius 2 is 0.903 bits per heavy atom. The number of ether oxygens (including phenoxy) is 2. The molecule has 2 saturated carbocycles. The van der Waals surface area contributed by atoms with Crippen LogP contribution in [-0.4, -0.2) is 160 Å². The highest BCUT2D eigenvalue weighted by molar-refractivity contribution is 6.97. The van der Waals surface area contributed by atoms with Gasteiger partial charge >= 0.3 is 52.8 Å². The van der Waals surface area contributed by atoms with Crippen molar-refractivity contribution in [3.8, 4) is 0 Å². The number of hydrogen-bond donors (Lipinski definition) is 1. The van der Waals surface area contributed by atoms with Gasteiger partial charge in [-0.2, -0.15) is 0 Å². The highest BCUT2D eigenvalue weighted by atomic mass is 28.6. The topological polar surface area (TPSA) is 165 Å². The van der Waals surface area contributed by atoms with Crippen LogP contribution in [0.15, 0.2) is 24.6 Å². The molecule has 0 aromatic heterocycles. The molecule has 0 amide bonds. The lowest BCUT2D eigenvalue weighted by Crippen LogP contribution is -2.71. The van der Waals surface area contributed by atoms with E-state index < -0.39 is 102 Å². The maximum Gasteiger partial charge on any atom is 0.663 e. The molecule has 9 atom stereocenters. The first-order chi connectivity index (χ1) is 32.5. The van der Waals surface area contributed by atoms with Crippen LogP contribution in [0, 0.1) is 11.8 Å². The zero-order valence-electron chi connectivity index (χ0n) is 49.4. The van der Waals surface area contributed by atoms with Gasteiger partial charge in [0.25, 0.3) is 0 Å². The van der Waals surface area contributed by atoms with Crippen LogP contribution in [-0.2, 0) is 64.2 Å². The van der Waals surface area contributed by atoms with Crippen molar-refractivity contribution in [1.82, 2.24) is 0 Å². The fraction of sp³-hybridized carbons (Fsp3) is 0.909. The summed E-state index contributed by atoms with van der Waals surface area (Å²) in [5.74, 6) is 1.66. The van der Waals surface area contributed by atoms with E-state index in [1.54, 1.807) is 17.9 Å². The van der Waals surface area contributed by atoms with Crippen LogP contribution in [0.3, 0.4) is 0 Å². The quantitative estimate of drug-likeness (QED) is 0.0499. The van der Waals surface area contributed by atoms with Gasteiger partial charge in [-0.05, 0) is 161 Å². The van der Waals surface area contributed by atoms with Crippen LogP contribution < -0.4 is 0 Å². The third-order valence-electron chi connectivity index (χ3n) is 13.2. The molecule has 0 aromatic carbocycles. The summed E-state index contributed by atoms with van der Waals surface area (Å²) < 4.78 is 93.8. The molecule has 2 saturated heterocycles. The van der Waals surface area contributed by atoms with Crippen molar-refractivity contribution in [3.63, 3.8) is 0 Å². The van der Waals surface area contributed by atoms with Crippen molar-refractivity contribution in [1.29, 1.82) is 0 Å². The van der Waals surface area contributed by atoms with Gasteiger partial charge < -0.3 is 69.0 Å². The van der Waals surface area contributed by atoms with E-state index in [2.05, 4.69) is 85.2 Å². The van der Waals surface area contributed by atoms with Gasteiger partial charge in [-0.25, -0.2) is 0 Å². The summed E-state index contributed by atoms with van der Waals surface area (Å²) in [4.78, 5) is 12.0. The molecule has 16 nitrogen and oxygen atoms in total. The van der Waals surface area contributed by atoms with Crippen LogP contribution >= 0.6 is 0 Å². The first-order valence-electron chi connectivity index (χ1n) is 26.3. The molecule has 0 bridgehead atoms. The van der Waals surface area contributed by atoms with Gasteiger partial charge in [-0.3, -0.25) is 0 Å². The highest BCUT2D eigenvalue weighted by Gasteiger charge is 2.66. The monoisotopic (exact) mass is 1220 g/mol. The first-order valence-corrected chi connectivity index (χ1v) is 58.8. The van der Waals surface area contributed by atoms with Gasteiger partial charge in [0.15, 0.2) is 25.0 Å². The average Bonchev–Trinajstić information content (AvgIpc) is 4.15. The molecule has 2 aliphatic carbocycles. The molecule has 4 aliphatic rings. The van der Waals surface area contributed by atoms with Gasteiger partial charge in [-0.15, -0.1) is 13.2 Å². The van der Waals surface area contributed by atoms with E-state index in [1.807, 2.05) is 45.8 Å². The molecule has 424 valence electrons. The number of rotatable bonds is 32. The third kappa shape index (κ3) is 24.0. The normalized spacial score (nSPS) is 25.9. The second-order valence-electron chi connectivity index (χ2n) is 25.9. The fourth-order valence-electron chi connectivity index (χ4n) is 9.76. The minimum Gasteiger partial charge on any atom is -0.436 e. The van der Waals surface area contributed by atoms with E-state index in [4.69, 9.17) is 64.2 Å². The average molecular weight is 1230 g/mol. The molecule has 1 N–H and O–H groups in total. The summed E-state index contributed by atoms with van der Waals surface area (Å²) in [6.07, 6.45) is 12.7. The van der Waals surface area contributed by atoms with Crippen LogP contribution in [0.5, 0.6) is 0 Å². The lowest BCUT2D eigenvalue weighted by Gasteiger charge is -2.45. The Morgan fingerprint density at radius 3 is 1.25 bits per heavy atom. The van der Waals surface area contributed by atoms with E-state index in [-0.39, 0.29) is 0 Å². The third-order valence-corrected chi connectivity index (χ3v) is 55.8. The Bertz CT molecular complexity index is 1680. The largest absolute Gasteiger partial charge is 0.663 e. The molecule has 4 fully saturated rings. The van der Waals surface area contributed by atoms with Crippen molar-refractivity contribution >= 4 is 102 Å². The first kappa shape index (κ1) is 67.7. The molecule has 28 heteroatoms. The SMILES string of the molecule is C=C[Si](C)(C)O[Si](C[Si](C)(C)C)(O[Si](C)(OC)OC)O[Si](O)(OC)O[Si](OC)(O[Si](C)(C)C)O[Si](C)(C)C=C.C[Si](C)(CCC1CCC2OC2C1)O[Si](C)(C)O[Si](C)(C)O[Si](C)(C)CCC1CCC2OC2C1. The summed E-state index contributed by atoms with van der Waals surface area (Å²) in [6, 6.07) is 2.45. The van der Waals surface area contributed by atoms with E-state index in [0.29, 0.717) is 30.1 Å². The molecule has 0 aromatic rings. The van der Waals surface area contributed by atoms with Crippen molar-refractivity contribution in [2.75, 3.05) is 28.4 Å². The van der Waals surface area contributed by atoms with Crippen molar-refractivity contribution < 1.29 is 69.0 Å². The van der Waals surface area contributed by atoms with Crippen molar-refractivity contribution in [2.45, 2.75) is 218 Å². The van der Waals surface area contributed by atoms with Gasteiger partial charge in [0.05, 0.1) is 24.4 Å². The summed E-state index contributed by atoms with van der Waals surface area (Å²) >= 11 is 0. The van der Waals surface area contributed by atoms with E-state index in [1.165, 1.54) is 91.9 Å². The standard InChI is InChI=1S/C24H50O5Si4.C20H54O11Si8/c1-30(2,15-13-19-9-11-21-23(17-19)25-21)27-32(5,6)29-33(7,8)28-31(3,4)16-14-20-10-12-22-24(18-20)26-22;1-18-34(13,14)27-37(20-32(7,8)9,29-36(17,22-3)23-4)30-38(21,24-5)31-39(25-6,26-33(10,11)12)28-35(15,16)19-2/h19-24H,9-18H2,1-8H3;18-19,21H,1-2,20H2,3-17H3. The minimum absolute atomic E-state index is 0.422. The lowest BCUT2D eigenvalue weighted by atomic mass is 9.88. The molecule has 4 rings (SSSR count). The maximum absolute atomic E-state index is 12.0. The van der Waals surface area contributed by atoms with Gasteiger partial charge in [-0.1, -0.05) is 43.9 Å². The minimum atomic E-state index is -4.64. The second-order valence-corrected chi connectivity index (χ2v) is 71.7. The van der Waals surface area contributed by atoms with Crippen molar-refractivity contribution in [2.24, 2.45) is 11.8 Å². The number of fused-ring (bicyclic) bond motifs is 2. The molecular formula is C44H104O16Si12. The predicted octanol–water partition coefficient (Wildman–Crippen LogP) is 11.4. The Hall–Kier alpha value is 1.44. The Balaban J connectivity index is 0.000000384. The summed E-state index contributed by atoms with van der Waals surface area (Å²) in [5.41, 5.74) is 3.94. The smallest absolute Gasteiger partial charge is 0.436 e. The summed E-state index contributed by atoms with van der Waals surface area (Å²) in [6.45, 7) is 48.3. The molecule has 0 spiro atoms. The van der Waals surface area contributed by atoms with Crippen LogP contribution in [0.1, 0.15) is 51.4 Å². The second kappa shape index (κ2) is 25.9. The fourth-order valence-corrected chi connectivity index (χ4v) is 58.1. The van der Waals surface area contributed by atoms with Crippen molar-refractivity contribution in [3.05, 3.63) is 24.6 Å². The van der Waals surface area contributed by atoms with E-state index in [9.17, 15) is 4.80 Å². The predicted molar refractivity (Wildman–Crippen MR) is 317 cm³/mol. The van der Waals surface area contributed by atoms with E-state index >= 15 is 0 Å². The Labute approximate surface area is 451 Å². The van der Waals surface area contributed by atoms with Gasteiger partial charge in [0.2, 0.25) is 16.6 Å². The number of hydrogen-bond acceptors (Lipinski definition) is 16. The summed E-state index contributed by atoms with van der Waals surface area (Å²) in [7, 11) is -27.5. The Kier molecular flexibility index (Phi) is 24.4. The Morgan fingerprint density at radius 1 is 0.472 bits per heavy atom. The van der Waals surface area contributed by atoms with Gasteiger partial charge in [0, 0.05) is 48.7 Å². The molecule has 2 heterocycles. The lowest BCUT2D eigenvalue weighted by molar-refractivity contribution is 0.0119. The van der Waals surface area contributed by atoms with E-state index in [0.717, 1.165) is 11.8 Å². The molecule has 72 heavy (non-hydrogen) atoms. The summed E-state index contributed by atoms with van der Waals surface area (Å²) in [5, 5.41) is 0. The van der Waals surface area contributed by atoms with Gasteiger partial charge in [0.1, 0.15) is 0 Å². The molecule has 0 radical (unpaired) electrons. The number of epoxide rings is 2. The zero-order chi connectivity index (χ0) is 55.3. The maximum atomic E-state index is 12.0. The molecule has 9 unspecified atom stereocenters.